The summed E-state index contributed by atoms with van der Waals surface area (Å²) in [7, 11) is 0. The second-order valence-corrected chi connectivity index (χ2v) is 4.94. The highest BCUT2D eigenvalue weighted by atomic mass is 15.3. The maximum absolute atomic E-state index is 5.62. The lowest BCUT2D eigenvalue weighted by atomic mass is 9.85. The summed E-state index contributed by atoms with van der Waals surface area (Å²) in [4.78, 5) is 0. The van der Waals surface area contributed by atoms with Crippen molar-refractivity contribution < 1.29 is 0 Å². The van der Waals surface area contributed by atoms with Gasteiger partial charge in [-0.15, -0.1) is 0 Å². The molecule has 4 heteroatoms. The summed E-state index contributed by atoms with van der Waals surface area (Å²) in [5, 5.41) is 4.31. The molecule has 0 bridgehead atoms. The maximum Gasteiger partial charge on any atom is 0.0677 e. The number of hydrazine groups is 1. The minimum absolute atomic E-state index is 0.0836. The molecule has 0 aliphatic heterocycles. The Bertz CT molecular complexity index is 298. The fourth-order valence-electron chi connectivity index (χ4n) is 1.77. The van der Waals surface area contributed by atoms with E-state index in [4.69, 9.17) is 5.84 Å². The number of hydrogen-bond acceptors (Lipinski definition) is 3. The molecule has 0 fully saturated rings. The number of nitrogens with one attached hydrogen (secondary N) is 1. The van der Waals surface area contributed by atoms with Crippen molar-refractivity contribution in [3.05, 3.63) is 18.0 Å². The molecular weight excluding hydrogens is 188 g/mol. The minimum Gasteiger partial charge on any atom is -0.271 e. The van der Waals surface area contributed by atoms with Crippen LogP contribution in [0.3, 0.4) is 0 Å². The van der Waals surface area contributed by atoms with E-state index in [-0.39, 0.29) is 11.5 Å². The zero-order chi connectivity index (χ0) is 11.5. The summed E-state index contributed by atoms with van der Waals surface area (Å²) in [6.45, 7) is 9.59. The number of aryl methyl sites for hydroxylation is 1. The smallest absolute Gasteiger partial charge is 0.0677 e. The van der Waals surface area contributed by atoms with Crippen molar-refractivity contribution in [1.29, 1.82) is 0 Å². The first kappa shape index (κ1) is 12.2. The molecule has 0 spiro atoms. The van der Waals surface area contributed by atoms with Gasteiger partial charge in [0.05, 0.1) is 11.7 Å². The second-order valence-electron chi connectivity index (χ2n) is 4.94. The molecule has 4 nitrogen and oxygen atoms in total. The molecule has 0 aromatic carbocycles. The van der Waals surface area contributed by atoms with Gasteiger partial charge in [-0.05, 0) is 17.9 Å². The molecule has 1 heterocycles. The molecule has 1 aromatic rings. The third-order valence-electron chi connectivity index (χ3n) is 2.51. The fraction of sp³-hybridized carbons (Fsp3) is 0.727. The van der Waals surface area contributed by atoms with Crippen LogP contribution in [0.2, 0.25) is 0 Å². The lowest BCUT2D eigenvalue weighted by molar-refractivity contribution is 0.260. The highest BCUT2D eigenvalue weighted by molar-refractivity contribution is 5.09. The van der Waals surface area contributed by atoms with Gasteiger partial charge < -0.3 is 0 Å². The van der Waals surface area contributed by atoms with Gasteiger partial charge in [0.1, 0.15) is 0 Å². The quantitative estimate of drug-likeness (QED) is 0.589. The van der Waals surface area contributed by atoms with Gasteiger partial charge in [0.2, 0.25) is 0 Å². The Morgan fingerprint density at radius 1 is 1.53 bits per heavy atom. The predicted molar refractivity (Wildman–Crippen MR) is 62.0 cm³/mol. The van der Waals surface area contributed by atoms with Crippen molar-refractivity contribution in [2.24, 2.45) is 11.3 Å². The van der Waals surface area contributed by atoms with E-state index in [1.54, 1.807) is 0 Å². The SMILES string of the molecule is CCCn1nccc1C(NN)C(C)(C)C. The number of aromatic nitrogens is 2. The molecule has 1 aromatic heterocycles. The van der Waals surface area contributed by atoms with Gasteiger partial charge in [-0.1, -0.05) is 27.7 Å². The highest BCUT2D eigenvalue weighted by Gasteiger charge is 2.27. The van der Waals surface area contributed by atoms with Crippen LogP contribution in [0, 0.1) is 5.41 Å². The molecule has 0 amide bonds. The zero-order valence-electron chi connectivity index (χ0n) is 10.1. The van der Waals surface area contributed by atoms with Crippen LogP contribution < -0.4 is 11.3 Å². The molecule has 15 heavy (non-hydrogen) atoms. The molecule has 1 atom stereocenters. The first-order valence-corrected chi connectivity index (χ1v) is 5.48. The van der Waals surface area contributed by atoms with Gasteiger partial charge in [0, 0.05) is 12.7 Å². The van der Waals surface area contributed by atoms with Crippen LogP contribution >= 0.6 is 0 Å². The van der Waals surface area contributed by atoms with Gasteiger partial charge >= 0.3 is 0 Å². The Labute approximate surface area is 91.8 Å². The highest BCUT2D eigenvalue weighted by Crippen LogP contribution is 2.31. The van der Waals surface area contributed by atoms with Gasteiger partial charge in [0.25, 0.3) is 0 Å². The van der Waals surface area contributed by atoms with Gasteiger partial charge in [-0.25, -0.2) is 0 Å². The summed E-state index contributed by atoms with van der Waals surface area (Å²) < 4.78 is 2.02. The van der Waals surface area contributed by atoms with E-state index in [1.165, 1.54) is 0 Å². The van der Waals surface area contributed by atoms with Crippen LogP contribution in [0.5, 0.6) is 0 Å². The molecule has 0 aliphatic rings. The van der Waals surface area contributed by atoms with E-state index in [9.17, 15) is 0 Å². The normalized spacial score (nSPS) is 14.2. The van der Waals surface area contributed by atoms with Crippen molar-refractivity contribution >= 4 is 0 Å². The van der Waals surface area contributed by atoms with Crippen LogP contribution in [-0.2, 0) is 6.54 Å². The summed E-state index contributed by atoms with van der Waals surface area (Å²) in [6, 6.07) is 2.16. The number of rotatable bonds is 4. The van der Waals surface area contributed by atoms with E-state index in [0.29, 0.717) is 0 Å². The maximum atomic E-state index is 5.62. The molecule has 1 unspecified atom stereocenters. The zero-order valence-corrected chi connectivity index (χ0v) is 10.1. The summed E-state index contributed by atoms with van der Waals surface area (Å²) in [6.07, 6.45) is 2.91. The largest absolute Gasteiger partial charge is 0.271 e. The molecule has 3 N–H and O–H groups in total. The molecule has 86 valence electrons. The third-order valence-corrected chi connectivity index (χ3v) is 2.51. The molecule has 0 aliphatic carbocycles. The van der Waals surface area contributed by atoms with Crippen molar-refractivity contribution in [3.63, 3.8) is 0 Å². The molecule has 0 radical (unpaired) electrons. The van der Waals surface area contributed by atoms with E-state index >= 15 is 0 Å². The second kappa shape index (κ2) is 4.77. The van der Waals surface area contributed by atoms with Crippen LogP contribution in [0.1, 0.15) is 45.9 Å². The van der Waals surface area contributed by atoms with E-state index < -0.39 is 0 Å². The Hall–Kier alpha value is -0.870. The Morgan fingerprint density at radius 3 is 2.67 bits per heavy atom. The van der Waals surface area contributed by atoms with Crippen LogP contribution in [0.25, 0.3) is 0 Å². The van der Waals surface area contributed by atoms with Crippen molar-refractivity contribution in [1.82, 2.24) is 15.2 Å². The average molecular weight is 210 g/mol. The summed E-state index contributed by atoms with van der Waals surface area (Å²) >= 11 is 0. The van der Waals surface area contributed by atoms with E-state index in [1.807, 2.05) is 16.9 Å². The van der Waals surface area contributed by atoms with Crippen LogP contribution in [-0.4, -0.2) is 9.78 Å². The third kappa shape index (κ3) is 2.79. The van der Waals surface area contributed by atoms with Crippen molar-refractivity contribution in [2.75, 3.05) is 0 Å². The molecule has 0 saturated carbocycles. The van der Waals surface area contributed by atoms with Crippen molar-refractivity contribution in [3.8, 4) is 0 Å². The minimum atomic E-state index is 0.0836. The number of nitrogens with two attached hydrogens (primary N) is 1. The van der Waals surface area contributed by atoms with Crippen LogP contribution in [0.15, 0.2) is 12.3 Å². The molecular formula is C11H22N4. The molecule has 0 saturated heterocycles. The predicted octanol–water partition coefficient (Wildman–Crippen LogP) is 1.84. The Kier molecular flexibility index (Phi) is 3.88. The monoisotopic (exact) mass is 210 g/mol. The van der Waals surface area contributed by atoms with E-state index in [2.05, 4.69) is 38.2 Å². The topological polar surface area (TPSA) is 55.9 Å². The lowest BCUT2D eigenvalue weighted by Gasteiger charge is -2.30. The lowest BCUT2D eigenvalue weighted by Crippen LogP contribution is -2.38. The first-order chi connectivity index (χ1) is 7.00. The Morgan fingerprint density at radius 2 is 2.20 bits per heavy atom. The van der Waals surface area contributed by atoms with Crippen molar-refractivity contribution in [2.45, 2.75) is 46.7 Å². The first-order valence-electron chi connectivity index (χ1n) is 5.48. The Balaban J connectivity index is 2.96. The van der Waals surface area contributed by atoms with Gasteiger partial charge in [-0.2, -0.15) is 5.10 Å². The van der Waals surface area contributed by atoms with Crippen LogP contribution in [0.4, 0.5) is 0 Å². The average Bonchev–Trinajstić information content (AvgIpc) is 2.53. The van der Waals surface area contributed by atoms with E-state index in [0.717, 1.165) is 18.7 Å². The number of hydrogen-bond donors (Lipinski definition) is 2. The van der Waals surface area contributed by atoms with Gasteiger partial charge in [0.15, 0.2) is 0 Å². The fourth-order valence-corrected chi connectivity index (χ4v) is 1.77. The number of nitrogens with zero attached hydrogens (tertiary/aromatic N) is 2. The summed E-state index contributed by atoms with van der Waals surface area (Å²) in [5.41, 5.74) is 4.13. The van der Waals surface area contributed by atoms with Gasteiger partial charge in [-0.3, -0.25) is 16.0 Å². The summed E-state index contributed by atoms with van der Waals surface area (Å²) in [5.74, 6) is 5.62. The standard InChI is InChI=1S/C11H22N4/c1-5-8-15-9(6-7-13-15)10(14-12)11(2,3)4/h6-7,10,14H,5,8,12H2,1-4H3. The molecule has 1 rings (SSSR count).